The fourth-order valence-corrected chi connectivity index (χ4v) is 2.12. The lowest BCUT2D eigenvalue weighted by Crippen LogP contribution is -2.39. The molecular weight excluding hydrogens is 154 g/mol. The Morgan fingerprint density at radius 3 is 2.55 bits per heavy atom. The highest BCUT2D eigenvalue weighted by molar-refractivity contribution is 6.63. The minimum Gasteiger partial charge on any atom is -0.448 e. The molecule has 1 aliphatic carbocycles. The number of nitrogens with one attached hydrogen (secondary N) is 1. The average Bonchev–Trinajstić information content (AvgIpc) is 2.59. The number of halogens is 3. The minimum absolute atomic E-state index is 0.0521. The SMILES string of the molecule is F[B-](F)(F)[C@@]12CNCC[C@@H]1C2. The second-order valence-corrected chi connectivity index (χ2v) is 3.67. The zero-order valence-corrected chi connectivity index (χ0v) is 6.12. The predicted octanol–water partition coefficient (Wildman–Crippen LogP) is 1.59. The lowest BCUT2D eigenvalue weighted by Gasteiger charge is -2.31. The molecule has 0 aromatic carbocycles. The maximum absolute atomic E-state index is 12.4. The first kappa shape index (κ1) is 7.46. The molecule has 64 valence electrons. The van der Waals surface area contributed by atoms with Gasteiger partial charge in [0.25, 0.3) is 0 Å². The van der Waals surface area contributed by atoms with Gasteiger partial charge >= 0.3 is 6.98 Å². The van der Waals surface area contributed by atoms with E-state index in [4.69, 9.17) is 0 Å². The normalized spacial score (nSPS) is 43.4. The Kier molecular flexibility index (Phi) is 1.32. The molecule has 2 aliphatic rings. The van der Waals surface area contributed by atoms with E-state index in [2.05, 4.69) is 5.32 Å². The van der Waals surface area contributed by atoms with Crippen molar-refractivity contribution >= 4 is 6.98 Å². The Balaban J connectivity index is 2.13. The summed E-state index contributed by atoms with van der Waals surface area (Å²) in [5.41, 5.74) is 0. The summed E-state index contributed by atoms with van der Waals surface area (Å²) in [5, 5.41) is 1.55. The van der Waals surface area contributed by atoms with Crippen LogP contribution in [-0.2, 0) is 0 Å². The number of hydrogen-bond acceptors (Lipinski definition) is 1. The van der Waals surface area contributed by atoms with E-state index >= 15 is 0 Å². The first-order chi connectivity index (χ1) is 5.06. The van der Waals surface area contributed by atoms with Gasteiger partial charge in [0.1, 0.15) is 0 Å². The van der Waals surface area contributed by atoms with Gasteiger partial charge in [-0.15, -0.1) is 0 Å². The van der Waals surface area contributed by atoms with Crippen LogP contribution in [0, 0.1) is 5.92 Å². The van der Waals surface area contributed by atoms with Gasteiger partial charge in [0.2, 0.25) is 0 Å². The van der Waals surface area contributed by atoms with Crippen molar-refractivity contribution in [2.45, 2.75) is 18.2 Å². The van der Waals surface area contributed by atoms with Crippen LogP contribution < -0.4 is 5.32 Å². The third-order valence-corrected chi connectivity index (χ3v) is 3.05. The topological polar surface area (TPSA) is 12.0 Å². The average molecular weight is 164 g/mol. The molecule has 1 nitrogen and oxygen atoms in total. The van der Waals surface area contributed by atoms with Gasteiger partial charge in [-0.3, -0.25) is 0 Å². The quantitative estimate of drug-likeness (QED) is 0.580. The van der Waals surface area contributed by atoms with Crippen molar-refractivity contribution in [3.8, 4) is 0 Å². The summed E-state index contributed by atoms with van der Waals surface area (Å²) in [5.74, 6) is -0.0521. The molecule has 1 saturated heterocycles. The smallest absolute Gasteiger partial charge is 0.448 e. The highest BCUT2D eigenvalue weighted by Gasteiger charge is 2.65. The summed E-state index contributed by atoms with van der Waals surface area (Å²) in [6.45, 7) is -3.68. The number of fused-ring (bicyclic) bond motifs is 1. The van der Waals surface area contributed by atoms with E-state index in [0.717, 1.165) is 6.54 Å². The number of rotatable bonds is 1. The molecule has 11 heavy (non-hydrogen) atoms. The molecule has 2 rings (SSSR count). The van der Waals surface area contributed by atoms with Crippen LogP contribution in [-0.4, -0.2) is 20.1 Å². The molecule has 0 unspecified atom stereocenters. The molecule has 2 fully saturated rings. The van der Waals surface area contributed by atoms with Gasteiger partial charge in [0.15, 0.2) is 0 Å². The lowest BCUT2D eigenvalue weighted by molar-refractivity contribution is 0.375. The molecule has 1 saturated carbocycles. The molecule has 1 N–H and O–H groups in total. The monoisotopic (exact) mass is 164 g/mol. The van der Waals surface area contributed by atoms with E-state index in [-0.39, 0.29) is 12.5 Å². The van der Waals surface area contributed by atoms with E-state index in [0.29, 0.717) is 12.8 Å². The van der Waals surface area contributed by atoms with E-state index in [1.807, 2.05) is 0 Å². The summed E-state index contributed by atoms with van der Waals surface area (Å²) in [6, 6.07) is 0. The molecule has 1 aliphatic heterocycles. The summed E-state index contributed by atoms with van der Waals surface area (Å²) in [6.07, 6.45) is 1.09. The van der Waals surface area contributed by atoms with Crippen LogP contribution in [0.5, 0.6) is 0 Å². The highest BCUT2D eigenvalue weighted by atomic mass is 19.4. The number of hydrogen-bond donors (Lipinski definition) is 1. The molecule has 5 heteroatoms. The van der Waals surface area contributed by atoms with Crippen molar-refractivity contribution in [2.75, 3.05) is 13.1 Å². The summed E-state index contributed by atoms with van der Waals surface area (Å²) in [4.78, 5) is 0. The fourth-order valence-electron chi connectivity index (χ4n) is 2.12. The molecule has 0 aromatic heterocycles. The first-order valence-corrected chi connectivity index (χ1v) is 3.96. The van der Waals surface area contributed by atoms with Gasteiger partial charge in [-0.05, 0) is 24.8 Å². The zero-order chi connectivity index (χ0) is 8.11. The summed E-state index contributed by atoms with van der Waals surface area (Å²) >= 11 is 0. The Hall–Kier alpha value is -0.185. The van der Waals surface area contributed by atoms with Crippen LogP contribution in [0.15, 0.2) is 0 Å². The highest BCUT2D eigenvalue weighted by Crippen LogP contribution is 2.68. The van der Waals surface area contributed by atoms with Crippen LogP contribution in [0.25, 0.3) is 0 Å². The Morgan fingerprint density at radius 2 is 2.09 bits per heavy atom. The standard InChI is InChI=1S/C6H10BF3N/c8-7(9,10)6-3-5(6)1-2-11-4-6/h5,11H,1-4H2/q-1/t5-,6+/m1/s1. The van der Waals surface area contributed by atoms with Crippen molar-refractivity contribution in [2.24, 2.45) is 5.92 Å². The van der Waals surface area contributed by atoms with Gasteiger partial charge in [-0.1, -0.05) is 12.3 Å². The van der Waals surface area contributed by atoms with E-state index in [9.17, 15) is 12.9 Å². The predicted molar refractivity (Wildman–Crippen MR) is 37.4 cm³/mol. The summed E-state index contributed by atoms with van der Waals surface area (Å²) < 4.78 is 37.2. The molecule has 0 spiro atoms. The van der Waals surface area contributed by atoms with Crippen LogP contribution in [0.3, 0.4) is 0 Å². The molecule has 0 radical (unpaired) electrons. The van der Waals surface area contributed by atoms with Crippen molar-refractivity contribution in [3.05, 3.63) is 0 Å². The maximum Gasteiger partial charge on any atom is 0.485 e. The zero-order valence-electron chi connectivity index (χ0n) is 6.12. The molecule has 0 bridgehead atoms. The van der Waals surface area contributed by atoms with Crippen LogP contribution in [0.1, 0.15) is 12.8 Å². The van der Waals surface area contributed by atoms with Crippen LogP contribution in [0.4, 0.5) is 12.9 Å². The number of piperidine rings is 1. The Morgan fingerprint density at radius 1 is 1.36 bits per heavy atom. The first-order valence-electron chi connectivity index (χ1n) is 3.96. The summed E-state index contributed by atoms with van der Waals surface area (Å²) in [7, 11) is 0. The van der Waals surface area contributed by atoms with Gasteiger partial charge in [0.05, 0.1) is 0 Å². The third kappa shape index (κ3) is 0.899. The van der Waals surface area contributed by atoms with E-state index < -0.39 is 12.3 Å². The van der Waals surface area contributed by atoms with Crippen molar-refractivity contribution in [1.29, 1.82) is 0 Å². The fraction of sp³-hybridized carbons (Fsp3) is 1.00. The van der Waals surface area contributed by atoms with Crippen molar-refractivity contribution < 1.29 is 12.9 Å². The molecule has 0 amide bonds. The van der Waals surface area contributed by atoms with Gasteiger partial charge in [0, 0.05) is 0 Å². The largest absolute Gasteiger partial charge is 0.485 e. The maximum atomic E-state index is 12.4. The molecule has 0 aromatic rings. The van der Waals surface area contributed by atoms with Crippen LogP contribution in [0.2, 0.25) is 5.31 Å². The second-order valence-electron chi connectivity index (χ2n) is 3.67. The molecule has 2 atom stereocenters. The second kappa shape index (κ2) is 1.94. The minimum atomic E-state index is -4.61. The van der Waals surface area contributed by atoms with E-state index in [1.54, 1.807) is 0 Å². The Bertz CT molecular complexity index is 181. The van der Waals surface area contributed by atoms with Gasteiger partial charge in [-0.25, -0.2) is 0 Å². The lowest BCUT2D eigenvalue weighted by atomic mass is 9.66. The van der Waals surface area contributed by atoms with E-state index in [1.165, 1.54) is 0 Å². The van der Waals surface area contributed by atoms with Gasteiger partial charge < -0.3 is 18.3 Å². The molecule has 1 heterocycles. The van der Waals surface area contributed by atoms with Crippen molar-refractivity contribution in [3.63, 3.8) is 0 Å². The van der Waals surface area contributed by atoms with Crippen LogP contribution >= 0.6 is 0 Å². The Labute approximate surface area is 63.4 Å². The van der Waals surface area contributed by atoms with Gasteiger partial charge in [-0.2, -0.15) is 0 Å². The van der Waals surface area contributed by atoms with Crippen molar-refractivity contribution in [1.82, 2.24) is 5.32 Å². The molecular formula is C6H10BF3N-. The third-order valence-electron chi connectivity index (χ3n) is 3.05.